The summed E-state index contributed by atoms with van der Waals surface area (Å²) in [7, 11) is 0. The van der Waals surface area contributed by atoms with Gasteiger partial charge in [-0.2, -0.15) is 0 Å². The highest BCUT2D eigenvalue weighted by molar-refractivity contribution is 5.13. The lowest BCUT2D eigenvalue weighted by molar-refractivity contribution is 0.00323. The fourth-order valence-corrected chi connectivity index (χ4v) is 1.99. The van der Waals surface area contributed by atoms with Gasteiger partial charge in [0, 0.05) is 0 Å². The van der Waals surface area contributed by atoms with Crippen LogP contribution in [0.2, 0.25) is 0 Å². The average Bonchev–Trinajstić information content (AvgIpc) is 2.91. The Balaban J connectivity index is 1.72. The molecule has 0 aliphatic heterocycles. The quantitative estimate of drug-likeness (QED) is 0.801. The third kappa shape index (κ3) is 2.58. The number of ether oxygens (including phenoxy) is 1. The Bertz CT molecular complexity index is 310. The first-order chi connectivity index (χ1) is 7.24. The van der Waals surface area contributed by atoms with Gasteiger partial charge in [0.15, 0.2) is 0 Å². The molecule has 15 heavy (non-hydrogen) atoms. The van der Waals surface area contributed by atoms with E-state index >= 15 is 0 Å². The number of hydrogen-bond acceptors (Lipinski definition) is 2. The van der Waals surface area contributed by atoms with Gasteiger partial charge in [0.1, 0.15) is 0 Å². The van der Waals surface area contributed by atoms with E-state index in [1.807, 2.05) is 30.3 Å². The summed E-state index contributed by atoms with van der Waals surface area (Å²) in [6, 6.07) is 10.1. The molecule has 82 valence electrons. The molecule has 1 aliphatic carbocycles. The van der Waals surface area contributed by atoms with Crippen molar-refractivity contribution in [3.8, 4) is 0 Å². The number of rotatable bonds is 5. The molecule has 1 aromatic rings. The van der Waals surface area contributed by atoms with Crippen LogP contribution in [0.4, 0.5) is 0 Å². The van der Waals surface area contributed by atoms with Crippen molar-refractivity contribution in [2.45, 2.75) is 32.0 Å². The Kier molecular flexibility index (Phi) is 3.08. The standard InChI is InChI=1S/C13H18O2/c1-2-12-8-13(12,14)10-15-9-11-6-4-3-5-7-11/h3-7,12,14H,2,8-10H2,1H3/t12-,13-/m1/s1. The molecule has 2 rings (SSSR count). The molecule has 1 aromatic carbocycles. The first-order valence-corrected chi connectivity index (χ1v) is 5.58. The van der Waals surface area contributed by atoms with E-state index in [0.29, 0.717) is 19.1 Å². The summed E-state index contributed by atoms with van der Waals surface area (Å²) < 4.78 is 5.53. The van der Waals surface area contributed by atoms with Crippen molar-refractivity contribution in [2.75, 3.05) is 6.61 Å². The first-order valence-electron chi connectivity index (χ1n) is 5.58. The van der Waals surface area contributed by atoms with Crippen molar-refractivity contribution in [3.05, 3.63) is 35.9 Å². The normalized spacial score (nSPS) is 29.1. The van der Waals surface area contributed by atoms with Gasteiger partial charge in [0.2, 0.25) is 0 Å². The second-order valence-corrected chi connectivity index (χ2v) is 4.39. The second-order valence-electron chi connectivity index (χ2n) is 4.39. The van der Waals surface area contributed by atoms with Crippen molar-refractivity contribution in [2.24, 2.45) is 5.92 Å². The maximum absolute atomic E-state index is 9.94. The van der Waals surface area contributed by atoms with Crippen molar-refractivity contribution >= 4 is 0 Å². The van der Waals surface area contributed by atoms with Gasteiger partial charge < -0.3 is 9.84 Å². The molecule has 1 fully saturated rings. The molecule has 2 nitrogen and oxygen atoms in total. The molecule has 1 N–H and O–H groups in total. The van der Waals surface area contributed by atoms with E-state index < -0.39 is 5.60 Å². The molecule has 0 bridgehead atoms. The molecule has 2 atom stereocenters. The molecule has 0 heterocycles. The minimum Gasteiger partial charge on any atom is -0.387 e. The van der Waals surface area contributed by atoms with Crippen LogP contribution in [0.25, 0.3) is 0 Å². The monoisotopic (exact) mass is 206 g/mol. The van der Waals surface area contributed by atoms with Crippen molar-refractivity contribution in [3.63, 3.8) is 0 Å². The van der Waals surface area contributed by atoms with Crippen LogP contribution in [-0.4, -0.2) is 17.3 Å². The Morgan fingerprint density at radius 1 is 1.40 bits per heavy atom. The Morgan fingerprint density at radius 3 is 2.73 bits per heavy atom. The molecule has 0 saturated heterocycles. The topological polar surface area (TPSA) is 29.5 Å². The predicted molar refractivity (Wildman–Crippen MR) is 59.4 cm³/mol. The molecule has 0 spiro atoms. The molecule has 0 aromatic heterocycles. The number of benzene rings is 1. The molecule has 2 heteroatoms. The third-order valence-electron chi connectivity index (χ3n) is 3.16. The molecule has 0 amide bonds. The van der Waals surface area contributed by atoms with Gasteiger partial charge in [-0.15, -0.1) is 0 Å². The number of hydrogen-bond donors (Lipinski definition) is 1. The van der Waals surface area contributed by atoms with Gasteiger partial charge in [-0.05, 0) is 17.9 Å². The molecular formula is C13H18O2. The van der Waals surface area contributed by atoms with Crippen LogP contribution < -0.4 is 0 Å². The highest BCUT2D eigenvalue weighted by atomic mass is 16.5. The highest BCUT2D eigenvalue weighted by Crippen LogP contribution is 2.45. The van der Waals surface area contributed by atoms with Crippen LogP contribution in [0.3, 0.4) is 0 Å². The van der Waals surface area contributed by atoms with E-state index in [9.17, 15) is 5.11 Å². The lowest BCUT2D eigenvalue weighted by Crippen LogP contribution is -2.19. The van der Waals surface area contributed by atoms with E-state index in [4.69, 9.17) is 4.74 Å². The molecule has 1 saturated carbocycles. The fraction of sp³-hybridized carbons (Fsp3) is 0.538. The van der Waals surface area contributed by atoms with Crippen LogP contribution in [0, 0.1) is 5.92 Å². The van der Waals surface area contributed by atoms with Crippen LogP contribution in [-0.2, 0) is 11.3 Å². The summed E-state index contributed by atoms with van der Waals surface area (Å²) in [6.07, 6.45) is 1.95. The average molecular weight is 206 g/mol. The van der Waals surface area contributed by atoms with Gasteiger partial charge in [-0.1, -0.05) is 43.7 Å². The minimum atomic E-state index is -0.524. The van der Waals surface area contributed by atoms with Crippen LogP contribution in [0.15, 0.2) is 30.3 Å². The maximum atomic E-state index is 9.94. The van der Waals surface area contributed by atoms with Crippen molar-refractivity contribution < 1.29 is 9.84 Å². The summed E-state index contributed by atoms with van der Waals surface area (Å²) in [6.45, 7) is 3.18. The van der Waals surface area contributed by atoms with E-state index in [0.717, 1.165) is 18.4 Å². The van der Waals surface area contributed by atoms with Crippen LogP contribution in [0.1, 0.15) is 25.3 Å². The zero-order chi connectivity index (χ0) is 10.7. The lowest BCUT2D eigenvalue weighted by Gasteiger charge is -2.10. The Labute approximate surface area is 90.9 Å². The summed E-state index contributed by atoms with van der Waals surface area (Å²) >= 11 is 0. The van der Waals surface area contributed by atoms with Crippen LogP contribution >= 0.6 is 0 Å². The van der Waals surface area contributed by atoms with Gasteiger partial charge in [0.05, 0.1) is 18.8 Å². The Morgan fingerprint density at radius 2 is 2.13 bits per heavy atom. The van der Waals surface area contributed by atoms with Crippen molar-refractivity contribution in [1.82, 2.24) is 0 Å². The van der Waals surface area contributed by atoms with Gasteiger partial charge >= 0.3 is 0 Å². The van der Waals surface area contributed by atoms with Gasteiger partial charge in [-0.3, -0.25) is 0 Å². The van der Waals surface area contributed by atoms with E-state index in [-0.39, 0.29) is 0 Å². The molecule has 1 aliphatic rings. The second kappa shape index (κ2) is 4.33. The van der Waals surface area contributed by atoms with Crippen LogP contribution in [0.5, 0.6) is 0 Å². The van der Waals surface area contributed by atoms with E-state index in [1.54, 1.807) is 0 Å². The van der Waals surface area contributed by atoms with E-state index in [2.05, 4.69) is 6.92 Å². The predicted octanol–water partition coefficient (Wildman–Crippen LogP) is 2.36. The SMILES string of the molecule is CC[C@@H]1C[C@@]1(O)COCc1ccccc1. The van der Waals surface area contributed by atoms with E-state index in [1.165, 1.54) is 0 Å². The zero-order valence-corrected chi connectivity index (χ0v) is 9.15. The summed E-state index contributed by atoms with van der Waals surface area (Å²) in [4.78, 5) is 0. The summed E-state index contributed by atoms with van der Waals surface area (Å²) in [5, 5.41) is 9.94. The first kappa shape index (κ1) is 10.7. The minimum absolute atomic E-state index is 0.452. The Hall–Kier alpha value is -0.860. The summed E-state index contributed by atoms with van der Waals surface area (Å²) in [5.74, 6) is 0.452. The smallest absolute Gasteiger partial charge is 0.0912 e. The third-order valence-corrected chi connectivity index (χ3v) is 3.16. The summed E-state index contributed by atoms with van der Waals surface area (Å²) in [5.41, 5.74) is 0.638. The molecule has 0 unspecified atom stereocenters. The number of aliphatic hydroxyl groups is 1. The zero-order valence-electron chi connectivity index (χ0n) is 9.15. The maximum Gasteiger partial charge on any atom is 0.0912 e. The largest absolute Gasteiger partial charge is 0.387 e. The molecule has 0 radical (unpaired) electrons. The van der Waals surface area contributed by atoms with Crippen molar-refractivity contribution in [1.29, 1.82) is 0 Å². The molecular weight excluding hydrogens is 188 g/mol. The van der Waals surface area contributed by atoms with Gasteiger partial charge in [0.25, 0.3) is 0 Å². The lowest BCUT2D eigenvalue weighted by atomic mass is 10.2. The highest BCUT2D eigenvalue weighted by Gasteiger charge is 2.51. The fourth-order valence-electron chi connectivity index (χ4n) is 1.99. The van der Waals surface area contributed by atoms with Gasteiger partial charge in [-0.25, -0.2) is 0 Å².